The van der Waals surface area contributed by atoms with Gasteiger partial charge in [0.05, 0.1) is 29.7 Å². The molecule has 1 atom stereocenters. The Hall–Kier alpha value is -3.59. The lowest BCUT2D eigenvalue weighted by molar-refractivity contribution is -0.384. The van der Waals surface area contributed by atoms with Crippen LogP contribution >= 0.6 is 11.6 Å². The molecular weight excluding hydrogens is 438 g/mol. The molecule has 1 N–H and O–H groups in total. The van der Waals surface area contributed by atoms with Crippen molar-refractivity contribution in [3.63, 3.8) is 0 Å². The summed E-state index contributed by atoms with van der Waals surface area (Å²) >= 11 is 6.37. The quantitative estimate of drug-likeness (QED) is 0.269. The van der Waals surface area contributed by atoms with Gasteiger partial charge < -0.3 is 14.8 Å². The molecule has 32 heavy (non-hydrogen) atoms. The molecule has 3 amide bonds. The molecule has 0 bridgehead atoms. The van der Waals surface area contributed by atoms with Crippen molar-refractivity contribution >= 4 is 35.3 Å². The molecule has 1 fully saturated rings. The molecule has 168 valence electrons. The SMILES string of the molecule is CC[C@@H](C)Oc1c(Cl)cc(/C=C2\NC(=O)N(Cc3ccc([N+](=O)[O-])cc3)C2=O)cc1OC. The molecule has 0 aromatic heterocycles. The average Bonchev–Trinajstić information content (AvgIpc) is 3.02. The maximum Gasteiger partial charge on any atom is 0.329 e. The number of hydrogen-bond acceptors (Lipinski definition) is 6. The number of carbonyl (C=O) groups excluding carboxylic acids is 2. The van der Waals surface area contributed by atoms with E-state index in [0.717, 1.165) is 11.3 Å². The van der Waals surface area contributed by atoms with Crippen LogP contribution in [0.2, 0.25) is 5.02 Å². The monoisotopic (exact) mass is 459 g/mol. The lowest BCUT2D eigenvalue weighted by Crippen LogP contribution is -2.30. The number of urea groups is 1. The van der Waals surface area contributed by atoms with Gasteiger partial charge in [-0.1, -0.05) is 30.7 Å². The Bertz CT molecular complexity index is 1080. The highest BCUT2D eigenvalue weighted by atomic mass is 35.5. The minimum atomic E-state index is -0.589. The molecule has 2 aromatic carbocycles. The van der Waals surface area contributed by atoms with Crippen LogP contribution in [0.25, 0.3) is 6.08 Å². The average molecular weight is 460 g/mol. The Morgan fingerprint density at radius 3 is 2.53 bits per heavy atom. The molecule has 1 heterocycles. The zero-order chi connectivity index (χ0) is 23.4. The summed E-state index contributed by atoms with van der Waals surface area (Å²) in [6, 6.07) is 8.34. The van der Waals surface area contributed by atoms with Crippen molar-refractivity contribution in [3.05, 3.63) is 68.4 Å². The number of amides is 3. The highest BCUT2D eigenvalue weighted by molar-refractivity contribution is 6.32. The van der Waals surface area contributed by atoms with Crippen LogP contribution in [0.4, 0.5) is 10.5 Å². The fraction of sp³-hybridized carbons (Fsp3) is 0.273. The van der Waals surface area contributed by atoms with E-state index in [9.17, 15) is 19.7 Å². The zero-order valence-corrected chi connectivity index (χ0v) is 18.5. The zero-order valence-electron chi connectivity index (χ0n) is 17.8. The molecule has 3 rings (SSSR count). The number of benzene rings is 2. The molecule has 9 nitrogen and oxygen atoms in total. The van der Waals surface area contributed by atoms with Crippen LogP contribution in [0, 0.1) is 10.1 Å². The van der Waals surface area contributed by atoms with Crippen LogP contribution in [-0.4, -0.2) is 35.0 Å². The third-order valence-electron chi connectivity index (χ3n) is 4.91. The van der Waals surface area contributed by atoms with Gasteiger partial charge >= 0.3 is 6.03 Å². The van der Waals surface area contributed by atoms with Gasteiger partial charge in [-0.3, -0.25) is 19.8 Å². The Morgan fingerprint density at radius 1 is 1.25 bits per heavy atom. The molecule has 2 aromatic rings. The van der Waals surface area contributed by atoms with Crippen LogP contribution in [0.1, 0.15) is 31.4 Å². The highest BCUT2D eigenvalue weighted by Gasteiger charge is 2.33. The number of nitrogens with one attached hydrogen (secondary N) is 1. The van der Waals surface area contributed by atoms with Gasteiger partial charge in [-0.05, 0) is 42.7 Å². The van der Waals surface area contributed by atoms with Crippen molar-refractivity contribution in [2.24, 2.45) is 0 Å². The Kier molecular flexibility index (Phi) is 6.99. The molecule has 1 aliphatic heterocycles. The highest BCUT2D eigenvalue weighted by Crippen LogP contribution is 2.38. The van der Waals surface area contributed by atoms with Crippen molar-refractivity contribution in [1.29, 1.82) is 0 Å². The van der Waals surface area contributed by atoms with E-state index in [-0.39, 0.29) is 24.0 Å². The normalized spacial score (nSPS) is 15.6. The van der Waals surface area contributed by atoms with Crippen molar-refractivity contribution < 1.29 is 24.0 Å². The number of ether oxygens (including phenoxy) is 2. The number of nitro groups is 1. The minimum Gasteiger partial charge on any atom is -0.493 e. The number of non-ortho nitro benzene ring substituents is 1. The number of imide groups is 1. The second-order valence-corrected chi connectivity index (χ2v) is 7.58. The number of nitro benzene ring substituents is 1. The topological polar surface area (TPSA) is 111 Å². The predicted octanol–water partition coefficient (Wildman–Crippen LogP) is 4.53. The molecule has 0 aliphatic carbocycles. The van der Waals surface area contributed by atoms with Gasteiger partial charge in [0, 0.05) is 12.1 Å². The van der Waals surface area contributed by atoms with E-state index in [0.29, 0.717) is 27.6 Å². The lowest BCUT2D eigenvalue weighted by Gasteiger charge is -2.17. The van der Waals surface area contributed by atoms with E-state index < -0.39 is 16.9 Å². The van der Waals surface area contributed by atoms with E-state index in [4.69, 9.17) is 21.1 Å². The summed E-state index contributed by atoms with van der Waals surface area (Å²) in [5, 5.41) is 13.6. The molecule has 1 saturated heterocycles. The van der Waals surface area contributed by atoms with Gasteiger partial charge in [0.1, 0.15) is 5.70 Å². The second-order valence-electron chi connectivity index (χ2n) is 7.17. The van der Waals surface area contributed by atoms with Gasteiger partial charge in [0.2, 0.25) is 0 Å². The maximum atomic E-state index is 12.8. The number of nitrogens with zero attached hydrogens (tertiary/aromatic N) is 2. The van der Waals surface area contributed by atoms with Gasteiger partial charge in [-0.2, -0.15) is 0 Å². The van der Waals surface area contributed by atoms with Crippen molar-refractivity contribution in [3.8, 4) is 11.5 Å². The summed E-state index contributed by atoms with van der Waals surface area (Å²) in [5.74, 6) is 0.291. The number of hydrogen-bond donors (Lipinski definition) is 1. The molecule has 1 aliphatic rings. The van der Waals surface area contributed by atoms with Gasteiger partial charge in [0.25, 0.3) is 11.6 Å². The van der Waals surface area contributed by atoms with Gasteiger partial charge in [-0.25, -0.2) is 4.79 Å². The van der Waals surface area contributed by atoms with Gasteiger partial charge in [-0.15, -0.1) is 0 Å². The third-order valence-corrected chi connectivity index (χ3v) is 5.19. The third kappa shape index (κ3) is 5.00. The molecule has 0 spiro atoms. The van der Waals surface area contributed by atoms with Crippen molar-refractivity contribution in [2.75, 3.05) is 7.11 Å². The fourth-order valence-electron chi connectivity index (χ4n) is 3.01. The second kappa shape index (κ2) is 9.69. The van der Waals surface area contributed by atoms with Crippen LogP contribution in [-0.2, 0) is 11.3 Å². The minimum absolute atomic E-state index is 0.0221. The Labute approximate surface area is 189 Å². The summed E-state index contributed by atoms with van der Waals surface area (Å²) in [4.78, 5) is 36.4. The smallest absolute Gasteiger partial charge is 0.329 e. The molecule has 0 radical (unpaired) electrons. The largest absolute Gasteiger partial charge is 0.493 e. The summed E-state index contributed by atoms with van der Waals surface area (Å²) in [6.45, 7) is 3.88. The lowest BCUT2D eigenvalue weighted by atomic mass is 10.1. The first kappa shape index (κ1) is 23.1. The van der Waals surface area contributed by atoms with Crippen LogP contribution in [0.5, 0.6) is 11.5 Å². The van der Waals surface area contributed by atoms with Crippen LogP contribution in [0.3, 0.4) is 0 Å². The number of carbonyl (C=O) groups is 2. The molecule has 0 saturated carbocycles. The predicted molar refractivity (Wildman–Crippen MR) is 119 cm³/mol. The first-order chi connectivity index (χ1) is 15.2. The summed E-state index contributed by atoms with van der Waals surface area (Å²) in [5.41, 5.74) is 1.13. The number of halogens is 1. The molecule has 0 unspecified atom stereocenters. The first-order valence-corrected chi connectivity index (χ1v) is 10.2. The standard InChI is InChI=1S/C22H22ClN3O6/c1-4-13(2)32-20-17(23)9-15(11-19(20)31-3)10-18-21(27)25(22(28)24-18)12-14-5-7-16(8-6-14)26(29)30/h5-11,13H,4,12H2,1-3H3,(H,24,28)/b18-10-/t13-/m1/s1. The maximum absolute atomic E-state index is 12.8. The summed E-state index contributed by atoms with van der Waals surface area (Å²) in [6.07, 6.45) is 2.22. The van der Waals surface area contributed by atoms with E-state index >= 15 is 0 Å². The van der Waals surface area contributed by atoms with Gasteiger partial charge in [0.15, 0.2) is 11.5 Å². The molecule has 10 heteroatoms. The molecular formula is C22H22ClN3O6. The van der Waals surface area contributed by atoms with Crippen LogP contribution < -0.4 is 14.8 Å². The summed E-state index contributed by atoms with van der Waals surface area (Å²) < 4.78 is 11.2. The van der Waals surface area contributed by atoms with Crippen molar-refractivity contribution in [2.45, 2.75) is 32.9 Å². The number of rotatable bonds is 8. The Balaban J connectivity index is 1.82. The Morgan fingerprint density at radius 2 is 1.94 bits per heavy atom. The van der Waals surface area contributed by atoms with E-state index in [1.165, 1.54) is 37.5 Å². The van der Waals surface area contributed by atoms with Crippen LogP contribution in [0.15, 0.2) is 42.1 Å². The van der Waals surface area contributed by atoms with Crippen molar-refractivity contribution in [1.82, 2.24) is 10.2 Å². The first-order valence-electron chi connectivity index (χ1n) is 9.85. The summed E-state index contributed by atoms with van der Waals surface area (Å²) in [7, 11) is 1.49. The van der Waals surface area contributed by atoms with E-state index in [2.05, 4.69) is 5.32 Å². The fourth-order valence-corrected chi connectivity index (χ4v) is 3.27. The van der Waals surface area contributed by atoms with E-state index in [1.54, 1.807) is 12.1 Å². The van der Waals surface area contributed by atoms with E-state index in [1.807, 2.05) is 13.8 Å². The number of methoxy groups -OCH3 is 1.